The van der Waals surface area contributed by atoms with E-state index in [-0.39, 0.29) is 23.9 Å². The third kappa shape index (κ3) is 4.17. The number of hydrogen-bond donors (Lipinski definition) is 1. The SMILES string of the molecule is CCO[C@H]1C[C@@H](S(=O)(=O)c2ccc(Br)cc2C(F)(F)F)C[C@@H]1C(=O)O. The first kappa shape index (κ1) is 20.2. The second-order valence-electron chi connectivity index (χ2n) is 5.72. The molecular formula is C15H16BrF3O5S. The number of halogens is 4. The lowest BCUT2D eigenvalue weighted by Crippen LogP contribution is -2.25. The summed E-state index contributed by atoms with van der Waals surface area (Å²) in [6.45, 7) is 1.82. The van der Waals surface area contributed by atoms with Gasteiger partial charge in [0.15, 0.2) is 9.84 Å². The van der Waals surface area contributed by atoms with E-state index in [0.717, 1.165) is 6.07 Å². The molecule has 1 aliphatic rings. The smallest absolute Gasteiger partial charge is 0.417 e. The molecule has 0 radical (unpaired) electrons. The van der Waals surface area contributed by atoms with Gasteiger partial charge >= 0.3 is 12.1 Å². The summed E-state index contributed by atoms with van der Waals surface area (Å²) in [5, 5.41) is 7.98. The molecule has 1 N–H and O–H groups in total. The zero-order chi connectivity index (χ0) is 19.0. The molecule has 1 aromatic carbocycles. The van der Waals surface area contributed by atoms with Gasteiger partial charge in [-0.2, -0.15) is 13.2 Å². The molecule has 0 aliphatic heterocycles. The van der Waals surface area contributed by atoms with Gasteiger partial charge in [0.2, 0.25) is 0 Å². The normalized spacial score (nSPS) is 24.4. The number of benzene rings is 1. The number of sulfone groups is 1. The van der Waals surface area contributed by atoms with Gasteiger partial charge in [0.1, 0.15) is 0 Å². The first-order chi connectivity index (χ1) is 11.5. The highest BCUT2D eigenvalue weighted by Gasteiger charge is 2.47. The largest absolute Gasteiger partial charge is 0.481 e. The highest BCUT2D eigenvalue weighted by atomic mass is 79.9. The molecule has 1 aliphatic carbocycles. The molecule has 1 fully saturated rings. The van der Waals surface area contributed by atoms with Crippen LogP contribution in [-0.4, -0.2) is 37.5 Å². The van der Waals surface area contributed by atoms with Crippen LogP contribution < -0.4 is 0 Å². The van der Waals surface area contributed by atoms with E-state index < -0.39 is 49.7 Å². The Labute approximate surface area is 151 Å². The van der Waals surface area contributed by atoms with Gasteiger partial charge in [-0.25, -0.2) is 8.42 Å². The average molecular weight is 445 g/mol. The molecule has 0 saturated heterocycles. The Kier molecular flexibility index (Phi) is 5.85. The van der Waals surface area contributed by atoms with Crippen LogP contribution in [0.5, 0.6) is 0 Å². The lowest BCUT2D eigenvalue weighted by Gasteiger charge is -2.17. The van der Waals surface area contributed by atoms with Gasteiger partial charge in [-0.1, -0.05) is 15.9 Å². The number of alkyl halides is 3. The third-order valence-corrected chi connectivity index (χ3v) is 6.88. The van der Waals surface area contributed by atoms with Crippen LogP contribution in [0.1, 0.15) is 25.3 Å². The van der Waals surface area contributed by atoms with Gasteiger partial charge in [0.05, 0.1) is 27.7 Å². The number of carboxylic acid groups (broad SMARTS) is 1. The maximum Gasteiger partial charge on any atom is 0.417 e. The summed E-state index contributed by atoms with van der Waals surface area (Å²) in [6.07, 6.45) is -6.13. The van der Waals surface area contributed by atoms with E-state index in [0.29, 0.717) is 6.07 Å². The fourth-order valence-corrected chi connectivity index (χ4v) is 5.38. The van der Waals surface area contributed by atoms with E-state index in [9.17, 15) is 31.5 Å². The van der Waals surface area contributed by atoms with Gasteiger partial charge in [-0.15, -0.1) is 0 Å². The molecule has 0 heterocycles. The van der Waals surface area contributed by atoms with Crippen LogP contribution in [0.4, 0.5) is 13.2 Å². The molecule has 0 bridgehead atoms. The van der Waals surface area contributed by atoms with Gasteiger partial charge in [0, 0.05) is 11.1 Å². The molecule has 10 heteroatoms. The number of aliphatic carboxylic acids is 1. The minimum Gasteiger partial charge on any atom is -0.481 e. The fourth-order valence-electron chi connectivity index (χ4n) is 3.02. The van der Waals surface area contributed by atoms with Crippen molar-refractivity contribution in [1.82, 2.24) is 0 Å². The van der Waals surface area contributed by atoms with Crippen molar-refractivity contribution in [3.63, 3.8) is 0 Å². The van der Waals surface area contributed by atoms with Crippen molar-refractivity contribution in [1.29, 1.82) is 0 Å². The topological polar surface area (TPSA) is 80.7 Å². The Hall–Kier alpha value is -1.13. The lowest BCUT2D eigenvalue weighted by molar-refractivity contribution is -0.146. The predicted octanol–water partition coefficient (Wildman–Crippen LogP) is 3.51. The van der Waals surface area contributed by atoms with Gasteiger partial charge in [0.25, 0.3) is 0 Å². The van der Waals surface area contributed by atoms with Crippen LogP contribution in [0.15, 0.2) is 27.6 Å². The van der Waals surface area contributed by atoms with Gasteiger partial charge < -0.3 is 9.84 Å². The average Bonchev–Trinajstić information content (AvgIpc) is 2.91. The Morgan fingerprint density at radius 1 is 1.36 bits per heavy atom. The lowest BCUT2D eigenvalue weighted by atomic mass is 10.1. The second-order valence-corrected chi connectivity index (χ2v) is 8.83. The van der Waals surface area contributed by atoms with Crippen LogP contribution in [0, 0.1) is 5.92 Å². The van der Waals surface area contributed by atoms with Crippen molar-refractivity contribution in [3.8, 4) is 0 Å². The summed E-state index contributed by atoms with van der Waals surface area (Å²) in [4.78, 5) is 10.5. The molecular weight excluding hydrogens is 429 g/mol. The molecule has 140 valence electrons. The summed E-state index contributed by atoms with van der Waals surface area (Å²) in [7, 11) is -4.37. The highest BCUT2D eigenvalue weighted by molar-refractivity contribution is 9.10. The first-order valence-electron chi connectivity index (χ1n) is 7.43. The summed E-state index contributed by atoms with van der Waals surface area (Å²) in [5.41, 5.74) is -1.27. The Morgan fingerprint density at radius 3 is 2.52 bits per heavy atom. The molecule has 3 atom stereocenters. The quantitative estimate of drug-likeness (QED) is 0.751. The summed E-state index contributed by atoms with van der Waals surface area (Å²) in [6, 6.07) is 2.81. The minimum absolute atomic E-state index is 0.0980. The van der Waals surface area contributed by atoms with E-state index in [1.807, 2.05) is 0 Å². The molecule has 25 heavy (non-hydrogen) atoms. The molecule has 5 nitrogen and oxygen atoms in total. The zero-order valence-corrected chi connectivity index (χ0v) is 15.5. The van der Waals surface area contributed by atoms with Crippen LogP contribution in [0.2, 0.25) is 0 Å². The Balaban J connectivity index is 2.45. The Morgan fingerprint density at radius 2 is 2.00 bits per heavy atom. The van der Waals surface area contributed by atoms with Crippen LogP contribution in [-0.2, 0) is 25.5 Å². The first-order valence-corrected chi connectivity index (χ1v) is 9.77. The molecule has 1 aromatic rings. The van der Waals surface area contributed by atoms with E-state index >= 15 is 0 Å². The highest BCUT2D eigenvalue weighted by Crippen LogP contribution is 2.41. The molecule has 1 saturated carbocycles. The number of carboxylic acids is 1. The summed E-state index contributed by atoms with van der Waals surface area (Å²) < 4.78 is 70.6. The van der Waals surface area contributed by atoms with E-state index in [1.54, 1.807) is 6.92 Å². The second kappa shape index (κ2) is 7.24. The summed E-state index contributed by atoms with van der Waals surface area (Å²) in [5.74, 6) is -2.28. The minimum atomic E-state index is -4.85. The maximum atomic E-state index is 13.2. The Bertz CT molecular complexity index is 763. The number of hydrogen-bond acceptors (Lipinski definition) is 4. The monoisotopic (exact) mass is 444 g/mol. The fraction of sp³-hybridized carbons (Fsp3) is 0.533. The van der Waals surface area contributed by atoms with Gasteiger partial charge in [-0.05, 0) is 38.0 Å². The maximum absolute atomic E-state index is 13.2. The predicted molar refractivity (Wildman–Crippen MR) is 85.9 cm³/mol. The van der Waals surface area contributed by atoms with Crippen molar-refractivity contribution in [2.75, 3.05) is 6.61 Å². The molecule has 0 spiro atoms. The molecule has 2 rings (SSSR count). The van der Waals surface area contributed by atoms with Gasteiger partial charge in [-0.3, -0.25) is 4.79 Å². The van der Waals surface area contributed by atoms with Crippen LogP contribution >= 0.6 is 15.9 Å². The number of rotatable bonds is 5. The van der Waals surface area contributed by atoms with Crippen molar-refractivity contribution >= 4 is 31.7 Å². The van der Waals surface area contributed by atoms with E-state index in [1.165, 1.54) is 6.07 Å². The van der Waals surface area contributed by atoms with Crippen molar-refractivity contribution in [2.45, 2.75) is 42.2 Å². The van der Waals surface area contributed by atoms with Crippen LogP contribution in [0.25, 0.3) is 0 Å². The molecule has 0 amide bonds. The van der Waals surface area contributed by atoms with Crippen LogP contribution in [0.3, 0.4) is 0 Å². The summed E-state index contributed by atoms with van der Waals surface area (Å²) >= 11 is 2.91. The van der Waals surface area contributed by atoms with Crippen molar-refractivity contribution in [2.24, 2.45) is 5.92 Å². The number of ether oxygens (including phenoxy) is 1. The molecule has 0 unspecified atom stereocenters. The van der Waals surface area contributed by atoms with E-state index in [4.69, 9.17) is 4.74 Å². The standard InChI is InChI=1S/C15H16BrF3O5S/c1-2-24-12-7-9(6-10(12)14(20)21)25(22,23)13-4-3-8(16)5-11(13)15(17,18)19/h3-5,9-10,12H,2,6-7H2,1H3,(H,20,21)/t9-,10-,12-/m0/s1. The van der Waals surface area contributed by atoms with Crippen molar-refractivity contribution < 1.29 is 36.2 Å². The molecule has 0 aromatic heterocycles. The van der Waals surface area contributed by atoms with E-state index in [2.05, 4.69) is 15.9 Å². The van der Waals surface area contributed by atoms with Crippen molar-refractivity contribution in [3.05, 3.63) is 28.2 Å². The number of carbonyl (C=O) groups is 1. The third-order valence-electron chi connectivity index (χ3n) is 4.15. The zero-order valence-electron chi connectivity index (χ0n) is 13.1.